The number of methoxy groups -OCH3 is 1. The molecule has 2 aromatic rings. The lowest BCUT2D eigenvalue weighted by molar-refractivity contribution is -0.139. The van der Waals surface area contributed by atoms with E-state index in [1.54, 1.807) is 12.1 Å². The van der Waals surface area contributed by atoms with Gasteiger partial charge in [-0.2, -0.15) is 0 Å². The minimum absolute atomic E-state index is 0.00469. The molecule has 2 aliphatic carbocycles. The standard InChI is InChI=1S/C27H32O8Si/c1-13(28)27(33)11-15-19(17(12-27)35-36(6,7)26(2,3)4)25(32)21-20(23(15)30)22(29)14-9-8-10-16(34-5)18(14)24(21)31/h8-10,17,30,32-33H,11-12H2,1-7H3/t17-,27-/m0/s1. The number of phenols is 2. The number of hydrogen-bond acceptors (Lipinski definition) is 8. The van der Waals surface area contributed by atoms with Crippen LogP contribution in [-0.2, 0) is 15.6 Å². The molecule has 0 fully saturated rings. The molecular weight excluding hydrogens is 480 g/mol. The van der Waals surface area contributed by atoms with Gasteiger partial charge in [0.1, 0.15) is 22.8 Å². The van der Waals surface area contributed by atoms with Gasteiger partial charge in [-0.15, -0.1) is 0 Å². The first-order valence-corrected chi connectivity index (χ1v) is 14.7. The lowest BCUT2D eigenvalue weighted by atomic mass is 9.72. The van der Waals surface area contributed by atoms with Crippen molar-refractivity contribution in [3.05, 3.63) is 51.6 Å². The molecule has 0 radical (unpaired) electrons. The van der Waals surface area contributed by atoms with Crippen LogP contribution in [0.25, 0.3) is 0 Å². The Bertz CT molecular complexity index is 1320. The Morgan fingerprint density at radius 1 is 1.06 bits per heavy atom. The van der Waals surface area contributed by atoms with Crippen LogP contribution in [0.3, 0.4) is 0 Å². The highest BCUT2D eigenvalue weighted by Gasteiger charge is 2.50. The Hall–Kier alpha value is -3.01. The summed E-state index contributed by atoms with van der Waals surface area (Å²) in [5.74, 6) is -2.69. The zero-order chi connectivity index (χ0) is 27.0. The molecule has 0 aliphatic heterocycles. The molecule has 36 heavy (non-hydrogen) atoms. The van der Waals surface area contributed by atoms with E-state index in [1.165, 1.54) is 20.1 Å². The van der Waals surface area contributed by atoms with Crippen LogP contribution in [0.5, 0.6) is 17.2 Å². The van der Waals surface area contributed by atoms with Crippen molar-refractivity contribution >= 4 is 25.7 Å². The van der Waals surface area contributed by atoms with Crippen molar-refractivity contribution in [2.45, 2.75) is 70.4 Å². The van der Waals surface area contributed by atoms with E-state index in [2.05, 4.69) is 0 Å². The summed E-state index contributed by atoms with van der Waals surface area (Å²) in [6, 6.07) is 4.55. The van der Waals surface area contributed by atoms with E-state index < -0.39 is 48.9 Å². The number of hydrogen-bond donors (Lipinski definition) is 3. The van der Waals surface area contributed by atoms with Gasteiger partial charge in [-0.25, -0.2) is 0 Å². The van der Waals surface area contributed by atoms with Crippen LogP contribution in [0.1, 0.15) is 83.2 Å². The van der Waals surface area contributed by atoms with Gasteiger partial charge in [-0.05, 0) is 31.1 Å². The van der Waals surface area contributed by atoms with E-state index in [0.29, 0.717) is 0 Å². The van der Waals surface area contributed by atoms with Gasteiger partial charge in [-0.1, -0.05) is 32.9 Å². The zero-order valence-electron chi connectivity index (χ0n) is 21.6. The second-order valence-electron chi connectivity index (χ2n) is 11.2. The maximum Gasteiger partial charge on any atom is 0.202 e. The van der Waals surface area contributed by atoms with E-state index >= 15 is 0 Å². The lowest BCUT2D eigenvalue weighted by Gasteiger charge is -2.44. The lowest BCUT2D eigenvalue weighted by Crippen LogP contribution is -2.48. The molecule has 8 nitrogen and oxygen atoms in total. The van der Waals surface area contributed by atoms with Gasteiger partial charge in [-0.3, -0.25) is 14.4 Å². The summed E-state index contributed by atoms with van der Waals surface area (Å²) in [5, 5.41) is 33.9. The van der Waals surface area contributed by atoms with Crippen LogP contribution in [0, 0.1) is 0 Å². The highest BCUT2D eigenvalue weighted by atomic mass is 28.4. The molecule has 9 heteroatoms. The summed E-state index contributed by atoms with van der Waals surface area (Å²) in [7, 11) is -1.15. The molecule has 0 aromatic heterocycles. The van der Waals surface area contributed by atoms with Gasteiger partial charge in [0.2, 0.25) is 5.78 Å². The van der Waals surface area contributed by atoms with Crippen LogP contribution >= 0.6 is 0 Å². The number of ether oxygens (including phenoxy) is 1. The molecular formula is C27H32O8Si. The van der Waals surface area contributed by atoms with Crippen LogP contribution in [0.15, 0.2) is 18.2 Å². The SMILES string of the molecule is COc1cccc2c1C(=O)c1c(O)c3c(c(O)c1C2=O)C[C@@](O)(C(C)=O)C[C@@H]3O[Si](C)(C)C(C)(C)C. The molecule has 0 unspecified atom stereocenters. The van der Waals surface area contributed by atoms with Gasteiger partial charge in [0.25, 0.3) is 0 Å². The molecule has 0 saturated carbocycles. The van der Waals surface area contributed by atoms with Crippen molar-refractivity contribution in [3.8, 4) is 17.2 Å². The van der Waals surface area contributed by atoms with E-state index in [4.69, 9.17) is 9.16 Å². The second kappa shape index (κ2) is 8.26. The van der Waals surface area contributed by atoms with Gasteiger partial charge in [0, 0.05) is 29.5 Å². The number of carbonyl (C=O) groups excluding carboxylic acids is 3. The number of aromatic hydroxyl groups is 2. The summed E-state index contributed by atoms with van der Waals surface area (Å²) < 4.78 is 11.9. The van der Waals surface area contributed by atoms with E-state index in [0.717, 1.165) is 0 Å². The fourth-order valence-corrected chi connectivity index (χ4v) is 6.09. The highest BCUT2D eigenvalue weighted by Crippen LogP contribution is 2.53. The Morgan fingerprint density at radius 3 is 2.22 bits per heavy atom. The summed E-state index contributed by atoms with van der Waals surface area (Å²) in [6.45, 7) is 11.3. The van der Waals surface area contributed by atoms with Gasteiger partial charge >= 0.3 is 0 Å². The third-order valence-electron chi connectivity index (χ3n) is 7.97. The molecule has 0 heterocycles. The third-order valence-corrected chi connectivity index (χ3v) is 12.5. The van der Waals surface area contributed by atoms with E-state index in [1.807, 2.05) is 33.9 Å². The van der Waals surface area contributed by atoms with Crippen LogP contribution < -0.4 is 4.74 Å². The van der Waals surface area contributed by atoms with Crippen LogP contribution in [0.2, 0.25) is 18.1 Å². The van der Waals surface area contributed by atoms with Crippen molar-refractivity contribution in [1.82, 2.24) is 0 Å². The molecule has 4 rings (SSSR count). The average Bonchev–Trinajstić information content (AvgIpc) is 2.77. The number of aliphatic hydroxyl groups is 1. The fourth-order valence-electron chi connectivity index (χ4n) is 4.82. The van der Waals surface area contributed by atoms with Gasteiger partial charge < -0.3 is 24.5 Å². The predicted octanol–water partition coefficient (Wildman–Crippen LogP) is 4.21. The minimum atomic E-state index is -2.52. The van der Waals surface area contributed by atoms with Crippen molar-refractivity contribution < 1.29 is 38.9 Å². The zero-order valence-corrected chi connectivity index (χ0v) is 22.6. The first-order chi connectivity index (χ1) is 16.6. The number of Topliss-reactive ketones (excluding diaryl/α,β-unsaturated/α-hetero) is 1. The van der Waals surface area contributed by atoms with Crippen molar-refractivity contribution in [1.29, 1.82) is 0 Å². The number of benzene rings is 2. The second-order valence-corrected chi connectivity index (χ2v) is 16.0. The first kappa shape index (κ1) is 26.1. The quantitative estimate of drug-likeness (QED) is 0.350. The first-order valence-electron chi connectivity index (χ1n) is 11.8. The maximum absolute atomic E-state index is 13.6. The summed E-state index contributed by atoms with van der Waals surface area (Å²) in [4.78, 5) is 39.6. The largest absolute Gasteiger partial charge is 0.507 e. The number of fused-ring (bicyclic) bond motifs is 3. The molecule has 2 aliphatic rings. The van der Waals surface area contributed by atoms with Gasteiger partial charge in [0.15, 0.2) is 19.9 Å². The molecule has 2 aromatic carbocycles. The number of ketones is 3. The monoisotopic (exact) mass is 512 g/mol. The Balaban J connectivity index is 2.02. The highest BCUT2D eigenvalue weighted by molar-refractivity contribution is 6.74. The van der Waals surface area contributed by atoms with Crippen molar-refractivity contribution in [2.75, 3.05) is 7.11 Å². The molecule has 2 atom stereocenters. The van der Waals surface area contributed by atoms with E-state index in [-0.39, 0.29) is 57.0 Å². The van der Waals surface area contributed by atoms with Crippen LogP contribution in [0.4, 0.5) is 0 Å². The normalized spacial score (nSPS) is 21.5. The smallest absolute Gasteiger partial charge is 0.202 e. The van der Waals surface area contributed by atoms with Crippen LogP contribution in [-0.4, -0.2) is 53.7 Å². The Labute approximate surface area is 211 Å². The number of carbonyl (C=O) groups is 3. The molecule has 0 saturated heterocycles. The number of rotatable bonds is 4. The average molecular weight is 513 g/mol. The van der Waals surface area contributed by atoms with E-state index in [9.17, 15) is 29.7 Å². The molecule has 0 bridgehead atoms. The molecule has 192 valence electrons. The number of phenolic OH excluding ortho intramolecular Hbond substituents is 2. The fraction of sp³-hybridized carbons (Fsp3) is 0.444. The summed E-state index contributed by atoms with van der Waals surface area (Å²) >= 11 is 0. The molecule has 3 N–H and O–H groups in total. The third kappa shape index (κ3) is 3.68. The van der Waals surface area contributed by atoms with Crippen molar-refractivity contribution in [3.63, 3.8) is 0 Å². The summed E-state index contributed by atoms with van der Waals surface area (Å²) in [6.07, 6.45) is -1.47. The topological polar surface area (TPSA) is 130 Å². The minimum Gasteiger partial charge on any atom is -0.507 e. The predicted molar refractivity (Wildman–Crippen MR) is 135 cm³/mol. The maximum atomic E-state index is 13.6. The molecule has 0 amide bonds. The van der Waals surface area contributed by atoms with Gasteiger partial charge in [0.05, 0.1) is 29.9 Å². The van der Waals surface area contributed by atoms with Crippen molar-refractivity contribution in [2.24, 2.45) is 0 Å². The summed E-state index contributed by atoms with van der Waals surface area (Å²) in [5.41, 5.74) is -2.35. The Morgan fingerprint density at radius 2 is 1.67 bits per heavy atom. The Kier molecular flexibility index (Phi) is 5.98. The molecule has 0 spiro atoms.